The number of likely N-dealkylation sites (N-methyl/N-ethyl adjacent to an activating group) is 1. The van der Waals surface area contributed by atoms with E-state index in [-0.39, 0.29) is 17.6 Å². The number of nitro groups is 1. The first-order chi connectivity index (χ1) is 8.97. The number of likely N-dealkylation sites (tertiary alicyclic amines) is 1. The predicted molar refractivity (Wildman–Crippen MR) is 75.1 cm³/mol. The lowest BCUT2D eigenvalue weighted by Gasteiger charge is -2.30. The highest BCUT2D eigenvalue weighted by Gasteiger charge is 2.24. The second-order valence-electron chi connectivity index (χ2n) is 4.57. The minimum atomic E-state index is -0.410. The summed E-state index contributed by atoms with van der Waals surface area (Å²) in [7, 11) is 1.74. The Morgan fingerprint density at radius 3 is 2.89 bits per heavy atom. The van der Waals surface area contributed by atoms with E-state index in [0.717, 1.165) is 4.47 Å². The smallest absolute Gasteiger partial charge is 0.292 e. The number of hydrogen-bond acceptors (Lipinski definition) is 4. The molecule has 6 nitrogen and oxygen atoms in total. The predicted octanol–water partition coefficient (Wildman–Crippen LogP) is 2.39. The van der Waals surface area contributed by atoms with Crippen LogP contribution in [0.15, 0.2) is 22.7 Å². The molecule has 0 saturated carbocycles. The Bertz CT molecular complexity index is 521. The van der Waals surface area contributed by atoms with Gasteiger partial charge in [-0.3, -0.25) is 14.9 Å². The van der Waals surface area contributed by atoms with Crippen molar-refractivity contribution in [1.29, 1.82) is 0 Å². The fourth-order valence-electron chi connectivity index (χ4n) is 2.13. The van der Waals surface area contributed by atoms with Crippen LogP contribution in [0.5, 0.6) is 0 Å². The fraction of sp³-hybridized carbons (Fsp3) is 0.417. The molecule has 1 saturated heterocycles. The van der Waals surface area contributed by atoms with Crippen molar-refractivity contribution < 1.29 is 9.72 Å². The number of nitrogens with one attached hydrogen (secondary N) is 1. The highest BCUT2D eigenvalue weighted by molar-refractivity contribution is 9.10. The van der Waals surface area contributed by atoms with E-state index in [2.05, 4.69) is 21.2 Å². The molecule has 1 aromatic rings. The molecular formula is C12H14BrN3O3. The molecule has 0 spiro atoms. The van der Waals surface area contributed by atoms with Crippen molar-refractivity contribution in [2.24, 2.45) is 0 Å². The van der Waals surface area contributed by atoms with E-state index < -0.39 is 4.92 Å². The van der Waals surface area contributed by atoms with Gasteiger partial charge in [0, 0.05) is 36.6 Å². The van der Waals surface area contributed by atoms with Crippen LogP contribution in [0, 0.1) is 10.1 Å². The summed E-state index contributed by atoms with van der Waals surface area (Å²) in [5.41, 5.74) is 0.523. The van der Waals surface area contributed by atoms with Crippen molar-refractivity contribution in [1.82, 2.24) is 4.90 Å². The van der Waals surface area contributed by atoms with Crippen LogP contribution >= 0.6 is 15.9 Å². The van der Waals surface area contributed by atoms with E-state index >= 15 is 0 Å². The molecule has 1 aromatic carbocycles. The lowest BCUT2D eigenvalue weighted by molar-refractivity contribution is -0.384. The van der Waals surface area contributed by atoms with Crippen molar-refractivity contribution in [3.05, 3.63) is 32.8 Å². The zero-order valence-electron chi connectivity index (χ0n) is 10.4. The molecule has 7 heteroatoms. The lowest BCUT2D eigenvalue weighted by atomic mass is 10.1. The van der Waals surface area contributed by atoms with E-state index in [1.54, 1.807) is 24.1 Å². The Morgan fingerprint density at radius 2 is 2.26 bits per heavy atom. The van der Waals surface area contributed by atoms with E-state index in [0.29, 0.717) is 25.1 Å². The monoisotopic (exact) mass is 327 g/mol. The lowest BCUT2D eigenvalue weighted by Crippen LogP contribution is -2.43. The summed E-state index contributed by atoms with van der Waals surface area (Å²) in [6.45, 7) is 0.558. The van der Waals surface area contributed by atoms with Gasteiger partial charge < -0.3 is 10.2 Å². The van der Waals surface area contributed by atoms with Gasteiger partial charge in [-0.15, -0.1) is 0 Å². The average molecular weight is 328 g/mol. The standard InChI is InChI=1S/C12H14BrN3O3/c1-15-7-9(3-5-12(15)17)14-10-6-8(13)2-4-11(10)16(18)19/h2,4,6,9,14H,3,5,7H2,1H3. The Hall–Kier alpha value is -1.63. The zero-order chi connectivity index (χ0) is 14.0. The largest absolute Gasteiger partial charge is 0.375 e. The number of halogens is 1. The average Bonchev–Trinajstić information content (AvgIpc) is 2.33. The van der Waals surface area contributed by atoms with Crippen LogP contribution in [0.1, 0.15) is 12.8 Å². The van der Waals surface area contributed by atoms with Crippen LogP contribution in [0.4, 0.5) is 11.4 Å². The number of anilines is 1. The van der Waals surface area contributed by atoms with Crippen LogP contribution in [0.3, 0.4) is 0 Å². The van der Waals surface area contributed by atoms with Gasteiger partial charge in [0.15, 0.2) is 0 Å². The van der Waals surface area contributed by atoms with Gasteiger partial charge in [0.2, 0.25) is 5.91 Å². The number of amides is 1. The normalized spacial score (nSPS) is 19.4. The molecule has 1 unspecified atom stereocenters. The highest BCUT2D eigenvalue weighted by Crippen LogP contribution is 2.29. The summed E-state index contributed by atoms with van der Waals surface area (Å²) >= 11 is 3.30. The van der Waals surface area contributed by atoms with Crippen LogP contribution < -0.4 is 5.32 Å². The Labute approximate surface area is 119 Å². The molecule has 2 rings (SSSR count). The maximum Gasteiger partial charge on any atom is 0.292 e. The second kappa shape index (κ2) is 5.56. The van der Waals surface area contributed by atoms with Crippen molar-refractivity contribution in [2.45, 2.75) is 18.9 Å². The Morgan fingerprint density at radius 1 is 1.53 bits per heavy atom. The Balaban J connectivity index is 2.16. The SMILES string of the molecule is CN1CC(Nc2cc(Br)ccc2[N+](=O)[O-])CCC1=O. The van der Waals surface area contributed by atoms with Crippen LogP contribution in [0.25, 0.3) is 0 Å². The van der Waals surface area contributed by atoms with Crippen molar-refractivity contribution in [3.8, 4) is 0 Å². The molecule has 19 heavy (non-hydrogen) atoms. The summed E-state index contributed by atoms with van der Waals surface area (Å²) < 4.78 is 0.779. The first-order valence-corrected chi connectivity index (χ1v) is 6.71. The van der Waals surface area contributed by atoms with Crippen LogP contribution in [-0.2, 0) is 4.79 Å². The van der Waals surface area contributed by atoms with Gasteiger partial charge in [-0.05, 0) is 18.6 Å². The number of nitro benzene ring substituents is 1. The van der Waals surface area contributed by atoms with Gasteiger partial charge in [0.1, 0.15) is 5.69 Å². The third-order valence-corrected chi connectivity index (χ3v) is 3.63. The molecule has 0 bridgehead atoms. The molecule has 1 fully saturated rings. The molecule has 1 atom stereocenters. The third kappa shape index (κ3) is 3.23. The van der Waals surface area contributed by atoms with E-state index in [4.69, 9.17) is 0 Å². The number of hydrogen-bond donors (Lipinski definition) is 1. The highest BCUT2D eigenvalue weighted by atomic mass is 79.9. The first-order valence-electron chi connectivity index (χ1n) is 5.92. The van der Waals surface area contributed by atoms with E-state index in [9.17, 15) is 14.9 Å². The zero-order valence-corrected chi connectivity index (χ0v) is 12.0. The number of benzene rings is 1. The number of rotatable bonds is 3. The van der Waals surface area contributed by atoms with Gasteiger partial charge >= 0.3 is 0 Å². The molecule has 1 N–H and O–H groups in total. The molecule has 1 aliphatic heterocycles. The van der Waals surface area contributed by atoms with Gasteiger partial charge in [-0.25, -0.2) is 0 Å². The summed E-state index contributed by atoms with van der Waals surface area (Å²) in [5.74, 6) is 0.113. The maximum absolute atomic E-state index is 11.4. The third-order valence-electron chi connectivity index (χ3n) is 3.14. The number of nitrogens with zero attached hydrogens (tertiary/aromatic N) is 2. The van der Waals surface area contributed by atoms with E-state index in [1.807, 2.05) is 0 Å². The second-order valence-corrected chi connectivity index (χ2v) is 5.49. The molecule has 0 aromatic heterocycles. The minimum absolute atomic E-state index is 0.0377. The van der Waals surface area contributed by atoms with Crippen molar-refractivity contribution in [3.63, 3.8) is 0 Å². The number of carbonyl (C=O) groups is 1. The summed E-state index contributed by atoms with van der Waals surface area (Å²) in [4.78, 5) is 23.6. The summed E-state index contributed by atoms with van der Waals surface area (Å²) in [6, 6.07) is 4.83. The maximum atomic E-state index is 11.4. The topological polar surface area (TPSA) is 75.5 Å². The summed E-state index contributed by atoms with van der Waals surface area (Å²) in [5, 5.41) is 14.1. The molecule has 0 radical (unpaired) electrons. The Kier molecular flexibility index (Phi) is 4.04. The van der Waals surface area contributed by atoms with Crippen molar-refractivity contribution >= 4 is 33.2 Å². The molecule has 1 heterocycles. The van der Waals surface area contributed by atoms with E-state index in [1.165, 1.54) is 6.07 Å². The molecular weight excluding hydrogens is 314 g/mol. The fourth-order valence-corrected chi connectivity index (χ4v) is 2.49. The summed E-state index contributed by atoms with van der Waals surface area (Å²) in [6.07, 6.45) is 1.16. The van der Waals surface area contributed by atoms with Gasteiger partial charge in [0.05, 0.1) is 4.92 Å². The van der Waals surface area contributed by atoms with Gasteiger partial charge in [0.25, 0.3) is 5.69 Å². The van der Waals surface area contributed by atoms with Crippen LogP contribution in [0.2, 0.25) is 0 Å². The quantitative estimate of drug-likeness (QED) is 0.683. The minimum Gasteiger partial charge on any atom is -0.375 e. The number of piperidine rings is 1. The van der Waals surface area contributed by atoms with Crippen molar-refractivity contribution in [2.75, 3.05) is 18.9 Å². The first kappa shape index (κ1) is 13.8. The van der Waals surface area contributed by atoms with Gasteiger partial charge in [-0.1, -0.05) is 15.9 Å². The molecule has 102 valence electrons. The molecule has 1 amide bonds. The van der Waals surface area contributed by atoms with Gasteiger partial charge in [-0.2, -0.15) is 0 Å². The van der Waals surface area contributed by atoms with Crippen LogP contribution in [-0.4, -0.2) is 35.4 Å². The number of carbonyl (C=O) groups excluding carboxylic acids is 1. The molecule has 1 aliphatic rings. The molecule has 0 aliphatic carbocycles.